The highest BCUT2D eigenvalue weighted by atomic mass is 79.9. The van der Waals surface area contributed by atoms with Crippen LogP contribution in [0.2, 0.25) is 0 Å². The van der Waals surface area contributed by atoms with Gasteiger partial charge in [-0.1, -0.05) is 22.0 Å². The molecule has 1 N–H and O–H groups in total. The fourth-order valence-corrected chi connectivity index (χ4v) is 2.53. The molecule has 24 heavy (non-hydrogen) atoms. The smallest absolute Gasteiger partial charge is 0.203 e. The first kappa shape index (κ1) is 17.9. The van der Waals surface area contributed by atoms with Gasteiger partial charge in [-0.25, -0.2) is 0 Å². The topological polar surface area (TPSA) is 65.0 Å². The van der Waals surface area contributed by atoms with Crippen molar-refractivity contribution in [1.29, 1.82) is 0 Å². The first-order valence-corrected chi connectivity index (χ1v) is 7.80. The summed E-state index contributed by atoms with van der Waals surface area (Å²) in [6.07, 6.45) is 3.00. The minimum Gasteiger partial charge on any atom is -0.507 e. The molecule has 0 saturated carbocycles. The van der Waals surface area contributed by atoms with Crippen LogP contribution in [0.1, 0.15) is 15.9 Å². The normalized spacial score (nSPS) is 10.7. The number of ketones is 1. The highest BCUT2D eigenvalue weighted by Gasteiger charge is 2.13. The Labute approximate surface area is 148 Å². The van der Waals surface area contributed by atoms with Crippen LogP contribution >= 0.6 is 15.9 Å². The van der Waals surface area contributed by atoms with Gasteiger partial charge in [-0.3, -0.25) is 4.79 Å². The second-order valence-electron chi connectivity index (χ2n) is 4.82. The molecule has 0 aliphatic carbocycles. The number of ether oxygens (including phenoxy) is 3. The lowest BCUT2D eigenvalue weighted by Gasteiger charge is -2.12. The van der Waals surface area contributed by atoms with Crippen LogP contribution in [0.15, 0.2) is 40.9 Å². The third-order valence-electron chi connectivity index (χ3n) is 3.34. The maximum atomic E-state index is 12.3. The summed E-state index contributed by atoms with van der Waals surface area (Å²) in [6.45, 7) is 0. The lowest BCUT2D eigenvalue weighted by molar-refractivity contribution is 0.104. The minimum absolute atomic E-state index is 0.0715. The van der Waals surface area contributed by atoms with Crippen LogP contribution in [0, 0.1) is 0 Å². The number of aromatic hydroxyl groups is 1. The van der Waals surface area contributed by atoms with Crippen molar-refractivity contribution >= 4 is 27.8 Å². The molecular weight excluding hydrogens is 376 g/mol. The molecule has 0 unspecified atom stereocenters. The van der Waals surface area contributed by atoms with Crippen molar-refractivity contribution in [2.75, 3.05) is 21.3 Å². The zero-order valence-electron chi connectivity index (χ0n) is 13.5. The van der Waals surface area contributed by atoms with Gasteiger partial charge in [0.15, 0.2) is 17.3 Å². The van der Waals surface area contributed by atoms with E-state index in [1.54, 1.807) is 30.3 Å². The van der Waals surface area contributed by atoms with Gasteiger partial charge in [0.25, 0.3) is 0 Å². The predicted octanol–water partition coefficient (Wildman–Crippen LogP) is 4.08. The maximum absolute atomic E-state index is 12.3. The van der Waals surface area contributed by atoms with Gasteiger partial charge in [-0.05, 0) is 42.0 Å². The van der Waals surface area contributed by atoms with E-state index in [9.17, 15) is 9.90 Å². The molecule has 0 aliphatic heterocycles. The number of hydrogen-bond acceptors (Lipinski definition) is 5. The Kier molecular flexibility index (Phi) is 5.87. The van der Waals surface area contributed by atoms with Crippen molar-refractivity contribution in [3.63, 3.8) is 0 Å². The molecule has 0 aliphatic rings. The molecule has 2 rings (SSSR count). The van der Waals surface area contributed by atoms with Gasteiger partial charge in [0.2, 0.25) is 5.75 Å². The fourth-order valence-electron chi connectivity index (χ4n) is 2.16. The van der Waals surface area contributed by atoms with Crippen molar-refractivity contribution in [3.8, 4) is 23.0 Å². The molecule has 2 aromatic rings. The molecule has 0 spiro atoms. The molecular formula is C18H17BrO5. The van der Waals surface area contributed by atoms with Crippen molar-refractivity contribution in [2.24, 2.45) is 0 Å². The summed E-state index contributed by atoms with van der Waals surface area (Å²) in [4.78, 5) is 12.3. The van der Waals surface area contributed by atoms with Gasteiger partial charge in [0.05, 0.1) is 26.9 Å². The number of hydrogen-bond donors (Lipinski definition) is 1. The Hall–Kier alpha value is -2.47. The molecule has 2 aromatic carbocycles. The van der Waals surface area contributed by atoms with E-state index in [0.717, 1.165) is 0 Å². The highest BCUT2D eigenvalue weighted by molar-refractivity contribution is 9.10. The van der Waals surface area contributed by atoms with Crippen molar-refractivity contribution < 1.29 is 24.1 Å². The van der Waals surface area contributed by atoms with Crippen LogP contribution in [-0.2, 0) is 0 Å². The number of allylic oxidation sites excluding steroid dienone is 1. The summed E-state index contributed by atoms with van der Waals surface area (Å²) in [7, 11) is 4.57. The Balaban J connectivity index is 2.34. The van der Waals surface area contributed by atoms with Crippen LogP contribution in [0.3, 0.4) is 0 Å². The molecule has 0 fully saturated rings. The monoisotopic (exact) mass is 392 g/mol. The molecule has 6 heteroatoms. The molecule has 0 radical (unpaired) electrons. The summed E-state index contributed by atoms with van der Waals surface area (Å²) in [6, 6.07) is 8.15. The van der Waals surface area contributed by atoms with E-state index in [-0.39, 0.29) is 17.1 Å². The van der Waals surface area contributed by atoms with E-state index < -0.39 is 0 Å². The molecule has 5 nitrogen and oxygen atoms in total. The maximum Gasteiger partial charge on any atom is 0.203 e. The molecule has 0 atom stereocenters. The molecule has 0 saturated heterocycles. The lowest BCUT2D eigenvalue weighted by atomic mass is 10.1. The zero-order valence-corrected chi connectivity index (χ0v) is 15.1. The van der Waals surface area contributed by atoms with E-state index in [0.29, 0.717) is 27.3 Å². The standard InChI is InChI=1S/C18H17BrO5/c1-22-16-8-11(9-17(23-2)18(16)24-3)4-6-14(20)13-10-12(19)5-7-15(13)21/h4-10,21H,1-3H3. The van der Waals surface area contributed by atoms with Gasteiger partial charge in [-0.2, -0.15) is 0 Å². The second kappa shape index (κ2) is 7.88. The third-order valence-corrected chi connectivity index (χ3v) is 3.83. The van der Waals surface area contributed by atoms with Crippen LogP contribution < -0.4 is 14.2 Å². The van der Waals surface area contributed by atoms with Crippen molar-refractivity contribution in [2.45, 2.75) is 0 Å². The van der Waals surface area contributed by atoms with Crippen LogP contribution in [-0.4, -0.2) is 32.2 Å². The van der Waals surface area contributed by atoms with Crippen molar-refractivity contribution in [3.05, 3.63) is 52.0 Å². The largest absolute Gasteiger partial charge is 0.507 e. The van der Waals surface area contributed by atoms with E-state index >= 15 is 0 Å². The van der Waals surface area contributed by atoms with E-state index in [4.69, 9.17) is 14.2 Å². The number of carbonyl (C=O) groups is 1. The highest BCUT2D eigenvalue weighted by Crippen LogP contribution is 2.38. The van der Waals surface area contributed by atoms with Gasteiger partial charge in [0, 0.05) is 4.47 Å². The number of rotatable bonds is 6. The lowest BCUT2D eigenvalue weighted by Crippen LogP contribution is -1.97. The third kappa shape index (κ3) is 3.89. The minimum atomic E-state index is -0.317. The molecule has 0 amide bonds. The average molecular weight is 393 g/mol. The molecule has 0 aromatic heterocycles. The SMILES string of the molecule is COc1cc(C=CC(=O)c2cc(Br)ccc2O)cc(OC)c1OC. The average Bonchev–Trinajstić information content (AvgIpc) is 2.60. The number of halogens is 1. The van der Waals surface area contributed by atoms with Crippen LogP contribution in [0.5, 0.6) is 23.0 Å². The molecule has 126 valence electrons. The Morgan fingerprint density at radius 1 is 1.04 bits per heavy atom. The summed E-state index contributed by atoms with van der Waals surface area (Å²) in [5.41, 5.74) is 0.917. The van der Waals surface area contributed by atoms with E-state index in [1.165, 1.54) is 33.5 Å². The number of phenols is 1. The first-order chi connectivity index (χ1) is 11.5. The Bertz CT molecular complexity index is 758. The molecule has 0 heterocycles. The predicted molar refractivity (Wildman–Crippen MR) is 95.3 cm³/mol. The van der Waals surface area contributed by atoms with Gasteiger partial charge in [-0.15, -0.1) is 0 Å². The summed E-state index contributed by atoms with van der Waals surface area (Å²) < 4.78 is 16.5. The van der Waals surface area contributed by atoms with Gasteiger partial charge < -0.3 is 19.3 Å². The van der Waals surface area contributed by atoms with Crippen LogP contribution in [0.4, 0.5) is 0 Å². The number of carbonyl (C=O) groups excluding carboxylic acids is 1. The summed E-state index contributed by atoms with van der Waals surface area (Å²) in [5.74, 6) is 1.08. The zero-order chi connectivity index (χ0) is 17.7. The van der Waals surface area contributed by atoms with Crippen LogP contribution in [0.25, 0.3) is 6.08 Å². The van der Waals surface area contributed by atoms with Crippen molar-refractivity contribution in [1.82, 2.24) is 0 Å². The second-order valence-corrected chi connectivity index (χ2v) is 5.73. The summed E-state index contributed by atoms with van der Waals surface area (Å²) >= 11 is 3.28. The Morgan fingerprint density at radius 2 is 1.67 bits per heavy atom. The first-order valence-electron chi connectivity index (χ1n) is 7.01. The van der Waals surface area contributed by atoms with E-state index in [2.05, 4.69) is 15.9 Å². The Morgan fingerprint density at radius 3 is 2.21 bits per heavy atom. The van der Waals surface area contributed by atoms with E-state index in [1.807, 2.05) is 0 Å². The fraction of sp³-hybridized carbons (Fsp3) is 0.167. The quantitative estimate of drug-likeness (QED) is 0.592. The van der Waals surface area contributed by atoms with Gasteiger partial charge >= 0.3 is 0 Å². The number of benzene rings is 2. The summed E-state index contributed by atoms with van der Waals surface area (Å²) in [5, 5.41) is 9.80. The van der Waals surface area contributed by atoms with Gasteiger partial charge in [0.1, 0.15) is 5.75 Å². The number of phenolic OH excluding ortho intramolecular Hbond substituents is 1. The molecule has 0 bridgehead atoms. The number of methoxy groups -OCH3 is 3.